The second-order valence-corrected chi connectivity index (χ2v) is 5.92. The quantitative estimate of drug-likeness (QED) is 0.723. The number of nitrogens with zero attached hydrogens (tertiary/aromatic N) is 3. The molecule has 24 heavy (non-hydrogen) atoms. The molecule has 5 heteroatoms. The number of nitriles is 1. The van der Waals surface area contributed by atoms with Gasteiger partial charge in [-0.1, -0.05) is 23.7 Å². The molecule has 1 aromatic heterocycles. The number of aromatic nitrogens is 2. The lowest BCUT2D eigenvalue weighted by Gasteiger charge is -2.26. The molecule has 3 rings (SSSR count). The predicted molar refractivity (Wildman–Crippen MR) is 97.6 cm³/mol. The Hall–Kier alpha value is -2.77. The highest BCUT2D eigenvalue weighted by Crippen LogP contribution is 2.33. The van der Waals surface area contributed by atoms with Crippen molar-refractivity contribution in [1.29, 1.82) is 5.26 Å². The minimum Gasteiger partial charge on any atom is -0.341 e. The van der Waals surface area contributed by atoms with Crippen LogP contribution in [0.5, 0.6) is 0 Å². The summed E-state index contributed by atoms with van der Waals surface area (Å²) in [6.07, 6.45) is 3.69. The van der Waals surface area contributed by atoms with Crippen molar-refractivity contribution >= 4 is 23.0 Å². The van der Waals surface area contributed by atoms with Gasteiger partial charge in [-0.15, -0.1) is 0 Å². The van der Waals surface area contributed by atoms with Crippen molar-refractivity contribution in [1.82, 2.24) is 10.2 Å². The fraction of sp³-hybridized carbons (Fsp3) is 0.158. The van der Waals surface area contributed by atoms with E-state index in [-0.39, 0.29) is 0 Å². The summed E-state index contributed by atoms with van der Waals surface area (Å²) in [5.41, 5.74) is 5.88. The van der Waals surface area contributed by atoms with Gasteiger partial charge in [0.15, 0.2) is 0 Å². The first-order chi connectivity index (χ1) is 11.6. The molecule has 0 aliphatic rings. The normalized spacial score (nSPS) is 10.4. The van der Waals surface area contributed by atoms with Gasteiger partial charge in [0.25, 0.3) is 0 Å². The summed E-state index contributed by atoms with van der Waals surface area (Å²) in [5.74, 6) is 0. The average Bonchev–Trinajstić information content (AvgIpc) is 3.12. The topological polar surface area (TPSA) is 55.7 Å². The molecule has 0 aliphatic carbocycles. The second-order valence-electron chi connectivity index (χ2n) is 5.51. The average molecular weight is 337 g/mol. The Labute approximate surface area is 146 Å². The zero-order valence-corrected chi connectivity index (χ0v) is 14.3. The molecule has 0 radical (unpaired) electrons. The molecular formula is C19H17ClN4. The van der Waals surface area contributed by atoms with E-state index in [0.717, 1.165) is 29.0 Å². The molecule has 0 amide bonds. The summed E-state index contributed by atoms with van der Waals surface area (Å²) in [4.78, 5) is 2.19. The van der Waals surface area contributed by atoms with Crippen LogP contribution in [0.3, 0.4) is 0 Å². The molecule has 4 nitrogen and oxygen atoms in total. The Morgan fingerprint density at radius 2 is 2.04 bits per heavy atom. The first-order valence-electron chi connectivity index (χ1n) is 7.71. The fourth-order valence-corrected chi connectivity index (χ4v) is 2.96. The van der Waals surface area contributed by atoms with Crippen LogP contribution in [-0.2, 0) is 0 Å². The molecule has 0 atom stereocenters. The van der Waals surface area contributed by atoms with Crippen molar-refractivity contribution in [3.05, 3.63) is 64.9 Å². The molecule has 0 saturated heterocycles. The summed E-state index contributed by atoms with van der Waals surface area (Å²) in [6, 6.07) is 14.0. The van der Waals surface area contributed by atoms with Crippen molar-refractivity contribution in [2.75, 3.05) is 11.4 Å². The lowest BCUT2D eigenvalue weighted by Crippen LogP contribution is -2.17. The first kappa shape index (κ1) is 16.1. The van der Waals surface area contributed by atoms with E-state index in [4.69, 9.17) is 16.9 Å². The minimum absolute atomic E-state index is 0.470. The van der Waals surface area contributed by atoms with Crippen LogP contribution in [-0.4, -0.2) is 16.7 Å². The summed E-state index contributed by atoms with van der Waals surface area (Å²) in [5, 5.41) is 16.4. The van der Waals surface area contributed by atoms with Crippen LogP contribution in [0, 0.1) is 18.3 Å². The van der Waals surface area contributed by atoms with Crippen LogP contribution in [0.25, 0.3) is 11.1 Å². The summed E-state index contributed by atoms with van der Waals surface area (Å²) < 4.78 is 0. The highest BCUT2D eigenvalue weighted by molar-refractivity contribution is 6.32. The number of rotatable bonds is 4. The van der Waals surface area contributed by atoms with Crippen molar-refractivity contribution in [2.24, 2.45) is 0 Å². The molecular weight excluding hydrogens is 320 g/mol. The van der Waals surface area contributed by atoms with Gasteiger partial charge >= 0.3 is 0 Å². The number of anilines is 2. The largest absolute Gasteiger partial charge is 0.341 e. The van der Waals surface area contributed by atoms with Gasteiger partial charge in [-0.3, -0.25) is 5.10 Å². The van der Waals surface area contributed by atoms with E-state index in [0.29, 0.717) is 10.6 Å². The Morgan fingerprint density at radius 1 is 1.21 bits per heavy atom. The molecule has 1 heterocycles. The standard InChI is InChI=1S/C19H17ClN4/c1-3-24(17-7-6-15(10-21)18(20)9-17)19-8-14(5-4-13(19)2)16-11-22-23-12-16/h4-9,11-12H,3H2,1-2H3,(H,22,23). The third kappa shape index (κ3) is 2.99. The highest BCUT2D eigenvalue weighted by Gasteiger charge is 2.13. The molecule has 120 valence electrons. The minimum atomic E-state index is 0.470. The van der Waals surface area contributed by atoms with Gasteiger partial charge in [-0.05, 0) is 49.2 Å². The molecule has 0 fully saturated rings. The number of halogens is 1. The molecule has 0 aliphatic heterocycles. The number of benzene rings is 2. The summed E-state index contributed by atoms with van der Waals surface area (Å²) in [7, 11) is 0. The van der Waals surface area contributed by atoms with E-state index in [1.165, 1.54) is 5.56 Å². The number of hydrogen-bond acceptors (Lipinski definition) is 3. The maximum absolute atomic E-state index is 9.05. The van der Waals surface area contributed by atoms with Gasteiger partial charge < -0.3 is 4.90 Å². The smallest absolute Gasteiger partial charge is 0.101 e. The van der Waals surface area contributed by atoms with E-state index in [2.05, 4.69) is 53.2 Å². The number of aromatic amines is 1. The Morgan fingerprint density at radius 3 is 2.67 bits per heavy atom. The molecule has 0 bridgehead atoms. The number of hydrogen-bond donors (Lipinski definition) is 1. The van der Waals surface area contributed by atoms with Crippen molar-refractivity contribution in [2.45, 2.75) is 13.8 Å². The van der Waals surface area contributed by atoms with Crippen LogP contribution in [0.15, 0.2) is 48.8 Å². The monoisotopic (exact) mass is 336 g/mol. The van der Waals surface area contributed by atoms with E-state index in [9.17, 15) is 0 Å². The Balaban J connectivity index is 2.06. The van der Waals surface area contributed by atoms with Gasteiger partial charge in [0.05, 0.1) is 16.8 Å². The van der Waals surface area contributed by atoms with Crippen molar-refractivity contribution in [3.63, 3.8) is 0 Å². The lowest BCUT2D eigenvalue weighted by atomic mass is 10.0. The Bertz CT molecular complexity index is 894. The maximum Gasteiger partial charge on any atom is 0.101 e. The molecule has 0 unspecified atom stereocenters. The Kier molecular flexibility index (Phi) is 4.54. The van der Waals surface area contributed by atoms with Crippen LogP contribution in [0.1, 0.15) is 18.1 Å². The van der Waals surface area contributed by atoms with Crippen molar-refractivity contribution in [3.8, 4) is 17.2 Å². The fourth-order valence-electron chi connectivity index (χ4n) is 2.74. The molecule has 0 saturated carbocycles. The summed E-state index contributed by atoms with van der Waals surface area (Å²) >= 11 is 6.21. The SMILES string of the molecule is CCN(c1ccc(C#N)c(Cl)c1)c1cc(-c2cn[nH]c2)ccc1C. The van der Waals surface area contributed by atoms with Crippen LogP contribution in [0.4, 0.5) is 11.4 Å². The van der Waals surface area contributed by atoms with Gasteiger partial charge in [0, 0.05) is 29.7 Å². The maximum atomic E-state index is 9.05. The number of nitrogens with one attached hydrogen (secondary N) is 1. The highest BCUT2D eigenvalue weighted by atomic mass is 35.5. The third-order valence-corrected chi connectivity index (χ3v) is 4.35. The van der Waals surface area contributed by atoms with Crippen LogP contribution in [0.2, 0.25) is 5.02 Å². The third-order valence-electron chi connectivity index (χ3n) is 4.03. The zero-order valence-electron chi connectivity index (χ0n) is 13.5. The molecule has 3 aromatic rings. The zero-order chi connectivity index (χ0) is 17.1. The van der Waals surface area contributed by atoms with Crippen LogP contribution >= 0.6 is 11.6 Å². The molecule has 1 N–H and O–H groups in total. The van der Waals surface area contributed by atoms with Crippen LogP contribution < -0.4 is 4.90 Å². The van der Waals surface area contributed by atoms with E-state index >= 15 is 0 Å². The van der Waals surface area contributed by atoms with Gasteiger partial charge in [-0.2, -0.15) is 10.4 Å². The number of aryl methyl sites for hydroxylation is 1. The lowest BCUT2D eigenvalue weighted by molar-refractivity contribution is 1.02. The van der Waals surface area contributed by atoms with E-state index in [1.807, 2.05) is 24.5 Å². The van der Waals surface area contributed by atoms with E-state index in [1.54, 1.807) is 6.07 Å². The molecule has 0 spiro atoms. The summed E-state index contributed by atoms with van der Waals surface area (Å²) in [6.45, 7) is 4.97. The van der Waals surface area contributed by atoms with Crippen molar-refractivity contribution < 1.29 is 0 Å². The van der Waals surface area contributed by atoms with Gasteiger partial charge in [0.2, 0.25) is 0 Å². The number of H-pyrrole nitrogens is 1. The van der Waals surface area contributed by atoms with Gasteiger partial charge in [0.1, 0.15) is 6.07 Å². The predicted octanol–water partition coefficient (Wildman–Crippen LogP) is 5.07. The second kappa shape index (κ2) is 6.77. The van der Waals surface area contributed by atoms with Gasteiger partial charge in [-0.25, -0.2) is 0 Å². The molecule has 2 aromatic carbocycles. The first-order valence-corrected chi connectivity index (χ1v) is 8.09. The van der Waals surface area contributed by atoms with E-state index < -0.39 is 0 Å².